The van der Waals surface area contributed by atoms with Gasteiger partial charge >= 0.3 is 0 Å². The third-order valence-corrected chi connectivity index (χ3v) is 6.44. The van der Waals surface area contributed by atoms with Crippen molar-refractivity contribution in [2.24, 2.45) is 0 Å². The Labute approximate surface area is 130 Å². The lowest BCUT2D eigenvalue weighted by atomic mass is 10.3. The Balaban J connectivity index is 2.09. The van der Waals surface area contributed by atoms with Crippen molar-refractivity contribution in [1.29, 1.82) is 0 Å². The van der Waals surface area contributed by atoms with Crippen molar-refractivity contribution < 1.29 is 13.2 Å². The number of hydrogen-bond acceptors (Lipinski definition) is 5. The van der Waals surface area contributed by atoms with Gasteiger partial charge in [0.25, 0.3) is 0 Å². The Morgan fingerprint density at radius 2 is 2.19 bits per heavy atom. The maximum absolute atomic E-state index is 12.4. The highest BCUT2D eigenvalue weighted by molar-refractivity contribution is 7.99. The lowest BCUT2D eigenvalue weighted by molar-refractivity contribution is 0.414. The van der Waals surface area contributed by atoms with Gasteiger partial charge < -0.3 is 10.5 Å². The number of thioether (sulfide) groups is 1. The minimum absolute atomic E-state index is 0.000511. The first-order valence-electron chi connectivity index (χ1n) is 7.03. The molecule has 118 valence electrons. The molecule has 0 aromatic heterocycles. The molecule has 0 amide bonds. The summed E-state index contributed by atoms with van der Waals surface area (Å²) < 4.78 is 32.7. The zero-order valence-electron chi connectivity index (χ0n) is 12.3. The fraction of sp³-hybridized carbons (Fsp3) is 0.571. The van der Waals surface area contributed by atoms with Gasteiger partial charge in [-0.05, 0) is 37.1 Å². The number of hydrogen-bond donors (Lipinski definition) is 2. The molecule has 1 aromatic rings. The zero-order chi connectivity index (χ0) is 15.5. The van der Waals surface area contributed by atoms with Crippen molar-refractivity contribution in [1.82, 2.24) is 4.72 Å². The summed E-state index contributed by atoms with van der Waals surface area (Å²) in [6.45, 7) is 2.13. The highest BCUT2D eigenvalue weighted by Gasteiger charge is 2.29. The Hall–Kier alpha value is -0.920. The molecular formula is C14H22N2O3S2. The molecule has 1 aromatic carbocycles. The number of benzene rings is 1. The Morgan fingerprint density at radius 1 is 1.43 bits per heavy atom. The molecule has 7 heteroatoms. The number of nitrogens with one attached hydrogen (secondary N) is 1. The van der Waals surface area contributed by atoms with Gasteiger partial charge in [0.15, 0.2) is 0 Å². The Bertz CT molecular complexity index is 590. The summed E-state index contributed by atoms with van der Waals surface area (Å²) in [5.74, 6) is 1.61. The van der Waals surface area contributed by atoms with Crippen LogP contribution in [-0.2, 0) is 10.0 Å². The van der Waals surface area contributed by atoms with Gasteiger partial charge in [0.05, 0.1) is 12.8 Å². The van der Waals surface area contributed by atoms with E-state index in [0.29, 0.717) is 11.0 Å². The van der Waals surface area contributed by atoms with Crippen LogP contribution < -0.4 is 15.2 Å². The van der Waals surface area contributed by atoms with Crippen LogP contribution in [0.15, 0.2) is 23.1 Å². The zero-order valence-corrected chi connectivity index (χ0v) is 14.0. The molecule has 0 bridgehead atoms. The monoisotopic (exact) mass is 330 g/mol. The van der Waals surface area contributed by atoms with Crippen molar-refractivity contribution in [2.75, 3.05) is 18.6 Å². The molecule has 2 unspecified atom stereocenters. The van der Waals surface area contributed by atoms with Crippen molar-refractivity contribution in [3.8, 4) is 5.75 Å². The van der Waals surface area contributed by atoms with E-state index in [2.05, 4.69) is 11.6 Å². The van der Waals surface area contributed by atoms with Gasteiger partial charge in [-0.2, -0.15) is 11.8 Å². The van der Waals surface area contributed by atoms with E-state index in [-0.39, 0.29) is 16.6 Å². The van der Waals surface area contributed by atoms with Crippen LogP contribution in [0.1, 0.15) is 26.2 Å². The molecule has 2 atom stereocenters. The highest BCUT2D eigenvalue weighted by Crippen LogP contribution is 2.31. The third kappa shape index (κ3) is 4.05. The van der Waals surface area contributed by atoms with Crippen LogP contribution in [0, 0.1) is 0 Å². The van der Waals surface area contributed by atoms with Gasteiger partial charge in [-0.3, -0.25) is 0 Å². The number of anilines is 1. The average Bonchev–Trinajstić information content (AvgIpc) is 2.85. The van der Waals surface area contributed by atoms with Gasteiger partial charge in [0.2, 0.25) is 10.0 Å². The van der Waals surface area contributed by atoms with Crippen LogP contribution in [0.2, 0.25) is 0 Å². The molecule has 3 N–H and O–H groups in total. The summed E-state index contributed by atoms with van der Waals surface area (Å²) in [5.41, 5.74) is 6.04. The van der Waals surface area contributed by atoms with Crippen molar-refractivity contribution in [3.05, 3.63) is 18.2 Å². The summed E-state index contributed by atoms with van der Waals surface area (Å²) in [6.07, 6.45) is 2.82. The van der Waals surface area contributed by atoms with Gasteiger partial charge in [0, 0.05) is 17.4 Å². The number of nitrogen functional groups attached to an aromatic ring is 1. The van der Waals surface area contributed by atoms with Crippen LogP contribution in [0.3, 0.4) is 0 Å². The van der Waals surface area contributed by atoms with Crippen molar-refractivity contribution >= 4 is 27.5 Å². The average molecular weight is 330 g/mol. The molecule has 1 fully saturated rings. The number of nitrogens with two attached hydrogens (primary N) is 1. The summed E-state index contributed by atoms with van der Waals surface area (Å²) in [5, 5.41) is 0.552. The van der Waals surface area contributed by atoms with E-state index in [1.54, 1.807) is 6.07 Å². The lowest BCUT2D eigenvalue weighted by Gasteiger charge is -2.15. The summed E-state index contributed by atoms with van der Waals surface area (Å²) in [4.78, 5) is 0.120. The minimum Gasteiger partial charge on any atom is -0.497 e. The SMILES string of the molecule is CCSC1CCC(NS(=O)(=O)c2ccc(OC)cc2N)C1. The first-order valence-corrected chi connectivity index (χ1v) is 9.57. The van der Waals surface area contributed by atoms with Crippen molar-refractivity contribution in [3.63, 3.8) is 0 Å². The van der Waals surface area contributed by atoms with Crippen LogP contribution in [0.25, 0.3) is 0 Å². The van der Waals surface area contributed by atoms with E-state index < -0.39 is 10.0 Å². The minimum atomic E-state index is -3.58. The normalized spacial score (nSPS) is 22.4. The summed E-state index contributed by atoms with van der Waals surface area (Å²) in [6, 6.07) is 4.62. The number of ether oxygens (including phenoxy) is 1. The Kier molecular flexibility index (Phi) is 5.40. The van der Waals surface area contributed by atoms with Crippen LogP contribution in [0.5, 0.6) is 5.75 Å². The van der Waals surface area contributed by atoms with Gasteiger partial charge in [-0.1, -0.05) is 6.92 Å². The van der Waals surface area contributed by atoms with Crippen molar-refractivity contribution in [2.45, 2.75) is 42.4 Å². The van der Waals surface area contributed by atoms with E-state index >= 15 is 0 Å². The molecule has 21 heavy (non-hydrogen) atoms. The molecule has 1 aliphatic rings. The molecular weight excluding hydrogens is 308 g/mol. The van der Waals surface area contributed by atoms with E-state index in [9.17, 15) is 8.42 Å². The quantitative estimate of drug-likeness (QED) is 0.782. The van der Waals surface area contributed by atoms with Crippen LogP contribution in [0.4, 0.5) is 5.69 Å². The molecule has 1 saturated carbocycles. The topological polar surface area (TPSA) is 81.4 Å². The second-order valence-corrected chi connectivity index (χ2v) is 8.37. The van der Waals surface area contributed by atoms with Gasteiger partial charge in [0.1, 0.15) is 10.6 Å². The molecule has 0 heterocycles. The molecule has 0 saturated heterocycles. The van der Waals surface area contributed by atoms with E-state index in [1.165, 1.54) is 19.2 Å². The fourth-order valence-corrected chi connectivity index (χ4v) is 5.15. The number of sulfonamides is 1. The Morgan fingerprint density at radius 3 is 2.81 bits per heavy atom. The number of rotatable bonds is 6. The maximum Gasteiger partial charge on any atom is 0.242 e. The van der Waals surface area contributed by atoms with Crippen LogP contribution in [-0.4, -0.2) is 32.6 Å². The highest BCUT2D eigenvalue weighted by atomic mass is 32.2. The summed E-state index contributed by atoms with van der Waals surface area (Å²) >= 11 is 1.90. The molecule has 0 aliphatic heterocycles. The van der Waals surface area contributed by atoms with Gasteiger partial charge in [-0.25, -0.2) is 13.1 Å². The molecule has 1 aliphatic carbocycles. The first kappa shape index (κ1) is 16.5. The van der Waals surface area contributed by atoms with E-state index in [1.807, 2.05) is 11.8 Å². The standard InChI is InChI=1S/C14H22N2O3S2/c1-3-20-12-6-4-10(8-12)16-21(17,18)14-7-5-11(19-2)9-13(14)15/h5,7,9-10,12,16H,3-4,6,8,15H2,1-2H3. The second-order valence-electron chi connectivity index (χ2n) is 5.11. The molecule has 0 spiro atoms. The summed E-state index contributed by atoms with van der Waals surface area (Å²) in [7, 11) is -2.06. The van der Waals surface area contributed by atoms with E-state index in [0.717, 1.165) is 25.0 Å². The lowest BCUT2D eigenvalue weighted by Crippen LogP contribution is -2.33. The first-order chi connectivity index (χ1) is 9.96. The maximum atomic E-state index is 12.4. The van der Waals surface area contributed by atoms with Gasteiger partial charge in [-0.15, -0.1) is 0 Å². The molecule has 5 nitrogen and oxygen atoms in total. The smallest absolute Gasteiger partial charge is 0.242 e. The van der Waals surface area contributed by atoms with E-state index in [4.69, 9.17) is 10.5 Å². The molecule has 2 rings (SSSR count). The van der Waals surface area contributed by atoms with Crippen LogP contribution >= 0.6 is 11.8 Å². The fourth-order valence-electron chi connectivity index (χ4n) is 2.62. The predicted octanol–water partition coefficient (Wildman–Crippen LogP) is 2.23. The largest absolute Gasteiger partial charge is 0.497 e. The predicted molar refractivity (Wildman–Crippen MR) is 87.3 cm³/mol. The third-order valence-electron chi connectivity index (χ3n) is 3.62. The second kappa shape index (κ2) is 6.89. The molecule has 0 radical (unpaired) electrons. The number of methoxy groups -OCH3 is 1.